The molecule has 1 aliphatic heterocycles. The molecular formula is C22H13NO2. The number of H-pyrrole nitrogens is 1. The highest BCUT2D eigenvalue weighted by Gasteiger charge is 2.20. The molecule has 0 saturated carbocycles. The maximum atomic E-state index is 6.05. The lowest BCUT2D eigenvalue weighted by molar-refractivity contribution is 0.360. The molecule has 0 aliphatic carbocycles. The van der Waals surface area contributed by atoms with E-state index in [0.717, 1.165) is 39.4 Å². The SMILES string of the molecule is c1ccc2c(c1)Oc1cc3[nH]c4cc5ccccc5cc4c3cc1O2. The zero-order chi connectivity index (χ0) is 16.4. The summed E-state index contributed by atoms with van der Waals surface area (Å²) in [6.07, 6.45) is 0. The van der Waals surface area contributed by atoms with E-state index in [0.29, 0.717) is 0 Å². The van der Waals surface area contributed by atoms with E-state index in [9.17, 15) is 0 Å². The van der Waals surface area contributed by atoms with Crippen LogP contribution in [0.1, 0.15) is 0 Å². The summed E-state index contributed by atoms with van der Waals surface area (Å²) in [6, 6.07) is 24.6. The van der Waals surface area contributed by atoms with Crippen LogP contribution in [0, 0.1) is 0 Å². The van der Waals surface area contributed by atoms with Crippen molar-refractivity contribution >= 4 is 32.6 Å². The quantitative estimate of drug-likeness (QED) is 0.352. The van der Waals surface area contributed by atoms with Gasteiger partial charge in [-0.2, -0.15) is 0 Å². The molecule has 0 radical (unpaired) electrons. The topological polar surface area (TPSA) is 34.2 Å². The van der Waals surface area contributed by atoms with Gasteiger partial charge in [-0.25, -0.2) is 0 Å². The molecule has 2 heterocycles. The monoisotopic (exact) mass is 323 g/mol. The molecule has 25 heavy (non-hydrogen) atoms. The number of benzene rings is 4. The Balaban J connectivity index is 1.64. The number of para-hydroxylation sites is 2. The Morgan fingerprint density at radius 3 is 1.84 bits per heavy atom. The van der Waals surface area contributed by atoms with Crippen molar-refractivity contribution < 1.29 is 9.47 Å². The summed E-state index contributed by atoms with van der Waals surface area (Å²) in [7, 11) is 0. The fourth-order valence-electron chi connectivity index (χ4n) is 3.61. The normalized spacial score (nSPS) is 12.6. The maximum absolute atomic E-state index is 6.05. The number of aromatic amines is 1. The van der Waals surface area contributed by atoms with Gasteiger partial charge in [0, 0.05) is 22.4 Å². The zero-order valence-corrected chi connectivity index (χ0v) is 13.2. The Kier molecular flexibility index (Phi) is 2.35. The van der Waals surface area contributed by atoms with Gasteiger partial charge in [0.15, 0.2) is 23.0 Å². The van der Waals surface area contributed by atoms with E-state index >= 15 is 0 Å². The number of hydrogen-bond acceptors (Lipinski definition) is 2. The molecule has 0 bridgehead atoms. The summed E-state index contributed by atoms with van der Waals surface area (Å²) in [5.74, 6) is 2.98. The van der Waals surface area contributed by atoms with Gasteiger partial charge in [0.05, 0.1) is 5.52 Å². The largest absolute Gasteiger partial charge is 0.449 e. The van der Waals surface area contributed by atoms with Gasteiger partial charge in [-0.1, -0.05) is 36.4 Å². The van der Waals surface area contributed by atoms with E-state index in [4.69, 9.17) is 9.47 Å². The molecule has 0 unspecified atom stereocenters. The lowest BCUT2D eigenvalue weighted by atomic mass is 10.1. The van der Waals surface area contributed by atoms with Crippen molar-refractivity contribution in [2.75, 3.05) is 0 Å². The Morgan fingerprint density at radius 1 is 0.520 bits per heavy atom. The van der Waals surface area contributed by atoms with Gasteiger partial charge in [-0.15, -0.1) is 0 Å². The van der Waals surface area contributed by atoms with Crippen LogP contribution in [0.4, 0.5) is 0 Å². The minimum absolute atomic E-state index is 0.738. The van der Waals surface area contributed by atoms with Crippen molar-refractivity contribution in [3.05, 3.63) is 72.8 Å². The third-order valence-corrected chi connectivity index (χ3v) is 4.82. The van der Waals surface area contributed by atoms with Gasteiger partial charge in [0.1, 0.15) is 0 Å². The van der Waals surface area contributed by atoms with Crippen LogP contribution in [0.3, 0.4) is 0 Å². The number of ether oxygens (including phenoxy) is 2. The second-order valence-electron chi connectivity index (χ2n) is 6.37. The molecule has 1 N–H and O–H groups in total. The molecule has 0 saturated heterocycles. The smallest absolute Gasteiger partial charge is 0.172 e. The first-order valence-corrected chi connectivity index (χ1v) is 8.28. The molecule has 6 rings (SSSR count). The number of nitrogens with one attached hydrogen (secondary N) is 1. The number of hydrogen-bond donors (Lipinski definition) is 1. The van der Waals surface area contributed by atoms with Gasteiger partial charge < -0.3 is 14.5 Å². The highest BCUT2D eigenvalue weighted by atomic mass is 16.6. The number of aromatic nitrogens is 1. The van der Waals surface area contributed by atoms with Crippen LogP contribution >= 0.6 is 0 Å². The second-order valence-corrected chi connectivity index (χ2v) is 6.37. The minimum Gasteiger partial charge on any atom is -0.449 e. The molecule has 3 nitrogen and oxygen atoms in total. The first-order valence-electron chi connectivity index (χ1n) is 8.28. The van der Waals surface area contributed by atoms with E-state index in [1.807, 2.05) is 30.3 Å². The molecule has 118 valence electrons. The van der Waals surface area contributed by atoms with Crippen molar-refractivity contribution in [2.45, 2.75) is 0 Å². The van der Waals surface area contributed by atoms with Crippen molar-refractivity contribution in [1.82, 2.24) is 4.98 Å². The zero-order valence-electron chi connectivity index (χ0n) is 13.2. The summed E-state index contributed by atoms with van der Waals surface area (Å²) in [6.45, 7) is 0. The Labute approximate surface area is 143 Å². The Bertz CT molecular complexity index is 1300. The van der Waals surface area contributed by atoms with Gasteiger partial charge in [-0.3, -0.25) is 0 Å². The molecule has 5 aromatic rings. The fraction of sp³-hybridized carbons (Fsp3) is 0. The third kappa shape index (κ3) is 1.81. The van der Waals surface area contributed by atoms with Crippen LogP contribution in [-0.4, -0.2) is 4.98 Å². The van der Waals surface area contributed by atoms with Crippen LogP contribution in [0.15, 0.2) is 72.8 Å². The molecule has 4 aromatic carbocycles. The summed E-state index contributed by atoms with van der Waals surface area (Å²) in [5.41, 5.74) is 2.17. The Morgan fingerprint density at radius 2 is 1.08 bits per heavy atom. The van der Waals surface area contributed by atoms with Gasteiger partial charge in [0.2, 0.25) is 0 Å². The molecule has 0 atom stereocenters. The molecule has 3 heteroatoms. The molecule has 1 aromatic heterocycles. The van der Waals surface area contributed by atoms with Gasteiger partial charge in [0.25, 0.3) is 0 Å². The summed E-state index contributed by atoms with van der Waals surface area (Å²) in [5, 5.41) is 4.80. The lowest BCUT2D eigenvalue weighted by Crippen LogP contribution is -1.98. The van der Waals surface area contributed by atoms with Crippen molar-refractivity contribution in [3.63, 3.8) is 0 Å². The fourth-order valence-corrected chi connectivity index (χ4v) is 3.61. The minimum atomic E-state index is 0.738. The van der Waals surface area contributed by atoms with E-state index in [2.05, 4.69) is 47.4 Å². The van der Waals surface area contributed by atoms with Crippen molar-refractivity contribution in [3.8, 4) is 23.0 Å². The average Bonchev–Trinajstić information content (AvgIpc) is 2.98. The predicted molar refractivity (Wildman–Crippen MR) is 99.9 cm³/mol. The molecule has 0 fully saturated rings. The molecule has 0 spiro atoms. The molecule has 0 amide bonds. The summed E-state index contributed by atoms with van der Waals surface area (Å²) in [4.78, 5) is 3.51. The van der Waals surface area contributed by atoms with Crippen LogP contribution < -0.4 is 9.47 Å². The third-order valence-electron chi connectivity index (χ3n) is 4.82. The van der Waals surface area contributed by atoms with E-state index in [-0.39, 0.29) is 0 Å². The molecular weight excluding hydrogens is 310 g/mol. The van der Waals surface area contributed by atoms with Crippen molar-refractivity contribution in [1.29, 1.82) is 0 Å². The second kappa shape index (κ2) is 4.54. The van der Waals surface area contributed by atoms with Crippen LogP contribution in [0.2, 0.25) is 0 Å². The van der Waals surface area contributed by atoms with Crippen LogP contribution in [0.25, 0.3) is 32.6 Å². The van der Waals surface area contributed by atoms with Crippen LogP contribution in [-0.2, 0) is 0 Å². The number of fused-ring (bicyclic) bond motifs is 6. The van der Waals surface area contributed by atoms with E-state index in [1.165, 1.54) is 16.2 Å². The number of rotatable bonds is 0. The van der Waals surface area contributed by atoms with E-state index < -0.39 is 0 Å². The summed E-state index contributed by atoms with van der Waals surface area (Å²) < 4.78 is 12.1. The summed E-state index contributed by atoms with van der Waals surface area (Å²) >= 11 is 0. The van der Waals surface area contributed by atoms with E-state index in [1.54, 1.807) is 0 Å². The maximum Gasteiger partial charge on any atom is 0.172 e. The first-order chi connectivity index (χ1) is 12.3. The first kappa shape index (κ1) is 12.9. The standard InChI is InChI=1S/C22H13NO2/c1-2-6-14-10-17-15(9-13(14)5-1)16-11-21-22(12-18(16)23-17)25-20-8-4-3-7-19(20)24-21/h1-12,23H. The Hall–Kier alpha value is -3.46. The van der Waals surface area contributed by atoms with Crippen molar-refractivity contribution in [2.24, 2.45) is 0 Å². The molecule has 1 aliphatic rings. The predicted octanol–water partition coefficient (Wildman–Crippen LogP) is 6.37. The van der Waals surface area contributed by atoms with Gasteiger partial charge >= 0.3 is 0 Å². The average molecular weight is 323 g/mol. The van der Waals surface area contributed by atoms with Crippen LogP contribution in [0.5, 0.6) is 23.0 Å². The van der Waals surface area contributed by atoms with Gasteiger partial charge in [-0.05, 0) is 41.1 Å². The highest BCUT2D eigenvalue weighted by molar-refractivity contribution is 6.12. The highest BCUT2D eigenvalue weighted by Crippen LogP contribution is 2.47. The lowest BCUT2D eigenvalue weighted by Gasteiger charge is -2.20.